The molecule has 2 aromatic carbocycles. The molecule has 2 aromatic rings. The molecule has 27 heavy (non-hydrogen) atoms. The number of alkyl halides is 4. The van der Waals surface area contributed by atoms with Crippen molar-refractivity contribution in [2.45, 2.75) is 23.0 Å². The van der Waals surface area contributed by atoms with Crippen LogP contribution in [0.4, 0.5) is 22.0 Å². The van der Waals surface area contributed by atoms with Crippen LogP contribution in [0.2, 0.25) is 5.02 Å². The summed E-state index contributed by atoms with van der Waals surface area (Å²) in [5.74, 6) is -11.2. The molecular formula is C16H8ClF5O4S. The maximum absolute atomic E-state index is 13.9. The first kappa shape index (κ1) is 19.6. The lowest BCUT2D eigenvalue weighted by atomic mass is 10.1. The second-order valence-electron chi connectivity index (χ2n) is 5.64. The Hall–Kier alpha value is -2.20. The van der Waals surface area contributed by atoms with E-state index in [9.17, 15) is 35.2 Å². The van der Waals surface area contributed by atoms with Gasteiger partial charge in [0.15, 0.2) is 0 Å². The SMILES string of the molecule is O=C1c2c(S(=O)(=O)C(F)F)ccc(Oc3cc(F)cc(Cl)c3)c2CC1(F)F. The van der Waals surface area contributed by atoms with E-state index in [0.717, 1.165) is 24.3 Å². The maximum Gasteiger partial charge on any atom is 0.341 e. The number of carbonyl (C=O) groups excluding carboxylic acids is 1. The highest BCUT2D eigenvalue weighted by Gasteiger charge is 2.51. The normalized spacial score (nSPS) is 15.9. The summed E-state index contributed by atoms with van der Waals surface area (Å²) in [6.45, 7) is 0. The Morgan fingerprint density at radius 3 is 2.41 bits per heavy atom. The number of Topliss-reactive ketones (excluding diaryl/α,β-unsaturated/α-hetero) is 1. The molecule has 0 aliphatic heterocycles. The lowest BCUT2D eigenvalue weighted by Crippen LogP contribution is -2.25. The van der Waals surface area contributed by atoms with Gasteiger partial charge in [0.1, 0.15) is 17.3 Å². The molecule has 0 amide bonds. The van der Waals surface area contributed by atoms with Gasteiger partial charge >= 0.3 is 11.7 Å². The third-order valence-electron chi connectivity index (χ3n) is 3.79. The molecule has 144 valence electrons. The second kappa shape index (κ2) is 6.45. The zero-order chi connectivity index (χ0) is 20.1. The molecule has 1 aliphatic carbocycles. The first-order chi connectivity index (χ1) is 12.4. The van der Waals surface area contributed by atoms with Gasteiger partial charge in [-0.1, -0.05) is 11.6 Å². The van der Waals surface area contributed by atoms with Crippen LogP contribution in [0.1, 0.15) is 15.9 Å². The van der Waals surface area contributed by atoms with Crippen molar-refractivity contribution in [1.29, 1.82) is 0 Å². The van der Waals surface area contributed by atoms with E-state index in [1.165, 1.54) is 0 Å². The van der Waals surface area contributed by atoms with Crippen LogP contribution in [-0.2, 0) is 16.3 Å². The molecule has 0 heterocycles. The van der Waals surface area contributed by atoms with E-state index in [2.05, 4.69) is 0 Å². The zero-order valence-corrected chi connectivity index (χ0v) is 14.6. The molecule has 0 radical (unpaired) electrons. The van der Waals surface area contributed by atoms with Gasteiger partial charge in [-0.15, -0.1) is 0 Å². The maximum atomic E-state index is 13.9. The molecular weight excluding hydrogens is 419 g/mol. The van der Waals surface area contributed by atoms with E-state index in [4.69, 9.17) is 16.3 Å². The molecule has 0 bridgehead atoms. The Morgan fingerprint density at radius 2 is 1.81 bits per heavy atom. The van der Waals surface area contributed by atoms with Crippen molar-refractivity contribution in [2.75, 3.05) is 0 Å². The van der Waals surface area contributed by atoms with E-state index in [1.54, 1.807) is 0 Å². The average molecular weight is 427 g/mol. The van der Waals surface area contributed by atoms with E-state index in [1.807, 2.05) is 0 Å². The molecule has 3 rings (SSSR count). The van der Waals surface area contributed by atoms with Gasteiger partial charge in [-0.25, -0.2) is 12.8 Å². The molecule has 0 aromatic heterocycles. The van der Waals surface area contributed by atoms with Crippen molar-refractivity contribution in [3.8, 4) is 11.5 Å². The number of hydrogen-bond donors (Lipinski definition) is 0. The highest BCUT2D eigenvalue weighted by molar-refractivity contribution is 7.91. The minimum Gasteiger partial charge on any atom is -0.457 e. The fraction of sp³-hybridized carbons (Fsp3) is 0.188. The summed E-state index contributed by atoms with van der Waals surface area (Å²) in [4.78, 5) is 10.7. The predicted molar refractivity (Wildman–Crippen MR) is 84.1 cm³/mol. The Bertz CT molecular complexity index is 1030. The number of ketones is 1. The van der Waals surface area contributed by atoms with Crippen molar-refractivity contribution in [3.05, 3.63) is 52.3 Å². The number of halogens is 6. The average Bonchev–Trinajstić information content (AvgIpc) is 2.77. The lowest BCUT2D eigenvalue weighted by Gasteiger charge is -2.13. The van der Waals surface area contributed by atoms with Crippen LogP contribution >= 0.6 is 11.6 Å². The summed E-state index contributed by atoms with van der Waals surface area (Å²) in [6, 6.07) is 4.40. The third-order valence-corrected chi connectivity index (χ3v) is 5.44. The molecule has 0 saturated carbocycles. The highest BCUT2D eigenvalue weighted by Crippen LogP contribution is 2.44. The van der Waals surface area contributed by atoms with Crippen LogP contribution in [0.3, 0.4) is 0 Å². The molecule has 0 N–H and O–H groups in total. The van der Waals surface area contributed by atoms with Crippen molar-refractivity contribution in [3.63, 3.8) is 0 Å². The number of benzene rings is 2. The van der Waals surface area contributed by atoms with Gasteiger partial charge in [-0.2, -0.15) is 17.6 Å². The first-order valence-electron chi connectivity index (χ1n) is 7.18. The van der Waals surface area contributed by atoms with E-state index >= 15 is 0 Å². The molecule has 0 atom stereocenters. The number of sulfone groups is 1. The van der Waals surface area contributed by atoms with Crippen LogP contribution in [0, 0.1) is 5.82 Å². The highest BCUT2D eigenvalue weighted by atomic mass is 35.5. The summed E-state index contributed by atoms with van der Waals surface area (Å²) in [5, 5.41) is -0.0695. The van der Waals surface area contributed by atoms with Crippen molar-refractivity contribution < 1.29 is 39.9 Å². The van der Waals surface area contributed by atoms with Crippen LogP contribution in [0.5, 0.6) is 11.5 Å². The van der Waals surface area contributed by atoms with Crippen molar-refractivity contribution in [2.24, 2.45) is 0 Å². The summed E-state index contributed by atoms with van der Waals surface area (Å²) in [6.07, 6.45) is -1.24. The molecule has 4 nitrogen and oxygen atoms in total. The number of carbonyl (C=O) groups is 1. The van der Waals surface area contributed by atoms with Gasteiger partial charge in [0, 0.05) is 28.6 Å². The fourth-order valence-corrected chi connectivity index (χ4v) is 3.82. The fourth-order valence-electron chi connectivity index (χ4n) is 2.66. The first-order valence-corrected chi connectivity index (χ1v) is 9.10. The monoisotopic (exact) mass is 426 g/mol. The molecule has 11 heteroatoms. The van der Waals surface area contributed by atoms with E-state index < -0.39 is 61.3 Å². The molecule has 0 saturated heterocycles. The van der Waals surface area contributed by atoms with Crippen molar-refractivity contribution in [1.82, 2.24) is 0 Å². The third kappa shape index (κ3) is 3.39. The lowest BCUT2D eigenvalue weighted by molar-refractivity contribution is 0.0165. The van der Waals surface area contributed by atoms with Crippen LogP contribution in [0.25, 0.3) is 0 Å². The van der Waals surface area contributed by atoms with Gasteiger partial charge in [-0.3, -0.25) is 4.79 Å². The molecule has 0 spiro atoms. The van der Waals surface area contributed by atoms with Gasteiger partial charge in [-0.05, 0) is 24.3 Å². The van der Waals surface area contributed by atoms with Gasteiger partial charge < -0.3 is 4.74 Å². The Balaban J connectivity index is 2.18. The number of rotatable bonds is 4. The minimum absolute atomic E-state index is 0.0695. The van der Waals surface area contributed by atoms with Crippen LogP contribution in [0.15, 0.2) is 35.2 Å². The standard InChI is InChI=1S/C16H8ClF5O4S/c17-7-3-8(18)5-9(4-7)26-11-1-2-12(27(24,25)15(19)20)13-10(11)6-16(21,22)14(13)23/h1-5,15H,6H2. The smallest absolute Gasteiger partial charge is 0.341 e. The summed E-state index contributed by atoms with van der Waals surface area (Å²) in [7, 11) is -5.31. The summed E-state index contributed by atoms with van der Waals surface area (Å²) < 4.78 is 95.6. The number of ether oxygens (including phenoxy) is 1. The molecule has 0 fully saturated rings. The summed E-state index contributed by atoms with van der Waals surface area (Å²) in [5.41, 5.74) is -1.62. The van der Waals surface area contributed by atoms with Crippen LogP contribution in [-0.4, -0.2) is 25.9 Å². The molecule has 1 aliphatic rings. The quantitative estimate of drug-likeness (QED) is 0.668. The second-order valence-corrected chi connectivity index (χ2v) is 7.96. The number of hydrogen-bond acceptors (Lipinski definition) is 4. The van der Waals surface area contributed by atoms with Crippen LogP contribution < -0.4 is 4.74 Å². The zero-order valence-electron chi connectivity index (χ0n) is 13.0. The van der Waals surface area contributed by atoms with Crippen molar-refractivity contribution >= 4 is 27.2 Å². The predicted octanol–water partition coefficient (Wildman–Crippen LogP) is 4.64. The Morgan fingerprint density at radius 1 is 1.15 bits per heavy atom. The van der Waals surface area contributed by atoms with Gasteiger partial charge in [0.25, 0.3) is 0 Å². The van der Waals surface area contributed by atoms with Gasteiger partial charge in [0.2, 0.25) is 15.6 Å². The van der Waals surface area contributed by atoms with E-state index in [0.29, 0.717) is 6.07 Å². The summed E-state index contributed by atoms with van der Waals surface area (Å²) >= 11 is 5.67. The molecule has 0 unspecified atom stereocenters. The van der Waals surface area contributed by atoms with Gasteiger partial charge in [0.05, 0.1) is 4.90 Å². The Kier molecular flexibility index (Phi) is 4.67. The minimum atomic E-state index is -5.31. The Labute approximate surface area is 154 Å². The van der Waals surface area contributed by atoms with E-state index in [-0.39, 0.29) is 10.8 Å². The largest absolute Gasteiger partial charge is 0.457 e. The topological polar surface area (TPSA) is 60.4 Å². The number of fused-ring (bicyclic) bond motifs is 1.